The molecule has 11 heavy (non-hydrogen) atoms. The fourth-order valence-corrected chi connectivity index (χ4v) is 2.63. The van der Waals surface area contributed by atoms with E-state index in [0.717, 1.165) is 6.42 Å². The fraction of sp³-hybridized carbons (Fsp3) is 1.00. The molecule has 2 heterocycles. The Labute approximate surface area is 65.3 Å². The van der Waals surface area contributed by atoms with Crippen molar-refractivity contribution >= 4 is 0 Å². The zero-order valence-electron chi connectivity index (χ0n) is 6.43. The van der Waals surface area contributed by atoms with Gasteiger partial charge in [-0.3, -0.25) is 0 Å². The highest BCUT2D eigenvalue weighted by molar-refractivity contribution is 5.09. The van der Waals surface area contributed by atoms with E-state index in [-0.39, 0.29) is 6.10 Å². The predicted molar refractivity (Wildman–Crippen MR) is 36.8 cm³/mol. The van der Waals surface area contributed by atoms with Crippen molar-refractivity contribution in [3.8, 4) is 0 Å². The van der Waals surface area contributed by atoms with Crippen LogP contribution < -0.4 is 0 Å². The first-order chi connectivity index (χ1) is 5.27. The van der Waals surface area contributed by atoms with Gasteiger partial charge in [-0.15, -0.1) is 0 Å². The van der Waals surface area contributed by atoms with Gasteiger partial charge in [0.1, 0.15) is 0 Å². The fourth-order valence-electron chi connectivity index (χ4n) is 2.63. The second-order valence-electron chi connectivity index (χ2n) is 3.88. The van der Waals surface area contributed by atoms with E-state index in [1.807, 2.05) is 0 Å². The van der Waals surface area contributed by atoms with Crippen molar-refractivity contribution in [1.82, 2.24) is 0 Å². The Kier molecular flexibility index (Phi) is 1.04. The summed E-state index contributed by atoms with van der Waals surface area (Å²) >= 11 is 0. The molecule has 1 N–H and O–H groups in total. The molecule has 0 radical (unpaired) electrons. The summed E-state index contributed by atoms with van der Waals surface area (Å²) in [4.78, 5) is 0. The van der Waals surface area contributed by atoms with Crippen molar-refractivity contribution in [2.75, 3.05) is 0 Å². The van der Waals surface area contributed by atoms with E-state index in [1.165, 1.54) is 0 Å². The molecule has 3 nitrogen and oxygen atoms in total. The van der Waals surface area contributed by atoms with Crippen molar-refractivity contribution in [1.29, 1.82) is 0 Å². The molecule has 3 aliphatic rings. The van der Waals surface area contributed by atoms with Gasteiger partial charge in [0.2, 0.25) is 0 Å². The topological polar surface area (TPSA) is 42.0 Å². The molecule has 0 spiro atoms. The van der Waals surface area contributed by atoms with Crippen molar-refractivity contribution in [2.24, 2.45) is 11.8 Å². The standard InChI is InChI=1S/C8H12O3/c1-3-6-4(2-5(9)10-6)8-7(3)11-8/h3-9H,2H2,1H3/t3-,4-,5+,6-,7+,8-/m1/s1. The molecule has 3 fully saturated rings. The van der Waals surface area contributed by atoms with Gasteiger partial charge in [-0.1, -0.05) is 6.92 Å². The summed E-state index contributed by atoms with van der Waals surface area (Å²) in [6.45, 7) is 2.15. The summed E-state index contributed by atoms with van der Waals surface area (Å²) in [6, 6.07) is 0. The SMILES string of the molecule is C[C@@H]1[C@H]2O[C@H](O)C[C@H]2[C@H]2O[C@@H]12. The second-order valence-corrected chi connectivity index (χ2v) is 3.88. The first-order valence-corrected chi connectivity index (χ1v) is 4.26. The van der Waals surface area contributed by atoms with Crippen molar-refractivity contribution in [2.45, 2.75) is 37.9 Å². The molecular formula is C8H12O3. The van der Waals surface area contributed by atoms with Crippen LogP contribution in [0.25, 0.3) is 0 Å². The molecule has 3 heteroatoms. The third kappa shape index (κ3) is 0.687. The number of rotatable bonds is 0. The average molecular weight is 156 g/mol. The minimum absolute atomic E-state index is 0.272. The summed E-state index contributed by atoms with van der Waals surface area (Å²) in [7, 11) is 0. The lowest BCUT2D eigenvalue weighted by Gasteiger charge is -2.16. The van der Waals surface area contributed by atoms with Crippen LogP contribution in [0.1, 0.15) is 13.3 Å². The first kappa shape index (κ1) is 6.40. The maximum absolute atomic E-state index is 9.21. The zero-order chi connectivity index (χ0) is 7.59. The van der Waals surface area contributed by atoms with E-state index in [1.54, 1.807) is 0 Å². The molecule has 2 saturated heterocycles. The number of hydrogen-bond donors (Lipinski definition) is 1. The molecule has 1 saturated carbocycles. The van der Waals surface area contributed by atoms with Crippen molar-refractivity contribution < 1.29 is 14.6 Å². The van der Waals surface area contributed by atoms with Gasteiger partial charge in [0.15, 0.2) is 6.29 Å². The molecule has 0 aromatic heterocycles. The Bertz CT molecular complexity index is 188. The predicted octanol–water partition coefficient (Wildman–Crippen LogP) is 0.127. The number of aliphatic hydroxyl groups is 1. The van der Waals surface area contributed by atoms with Gasteiger partial charge in [-0.2, -0.15) is 0 Å². The molecule has 0 aromatic rings. The highest BCUT2D eigenvalue weighted by atomic mass is 16.6. The summed E-state index contributed by atoms with van der Waals surface area (Å²) in [5.41, 5.74) is 0. The highest BCUT2D eigenvalue weighted by Crippen LogP contribution is 2.53. The van der Waals surface area contributed by atoms with E-state index < -0.39 is 6.29 Å². The third-order valence-electron chi connectivity index (χ3n) is 3.23. The minimum atomic E-state index is -0.530. The Balaban J connectivity index is 1.86. The maximum Gasteiger partial charge on any atom is 0.155 e. The van der Waals surface area contributed by atoms with Crippen LogP contribution >= 0.6 is 0 Å². The van der Waals surface area contributed by atoms with Crippen LogP contribution in [-0.2, 0) is 9.47 Å². The summed E-state index contributed by atoms with van der Waals surface area (Å²) in [6.07, 6.45) is 1.37. The molecule has 0 amide bonds. The van der Waals surface area contributed by atoms with Crippen LogP contribution in [0, 0.1) is 11.8 Å². The quantitative estimate of drug-likeness (QED) is 0.507. The Hall–Kier alpha value is -0.120. The average Bonchev–Trinajstić information content (AvgIpc) is 2.60. The molecule has 0 aromatic carbocycles. The van der Waals surface area contributed by atoms with Crippen LogP contribution in [-0.4, -0.2) is 29.7 Å². The second kappa shape index (κ2) is 1.79. The molecule has 2 aliphatic heterocycles. The van der Waals surface area contributed by atoms with Crippen molar-refractivity contribution in [3.05, 3.63) is 0 Å². The van der Waals surface area contributed by atoms with E-state index in [4.69, 9.17) is 9.47 Å². The van der Waals surface area contributed by atoms with Crippen molar-refractivity contribution in [3.63, 3.8) is 0 Å². The zero-order valence-corrected chi connectivity index (χ0v) is 6.43. The first-order valence-electron chi connectivity index (χ1n) is 4.26. The van der Waals surface area contributed by atoms with Gasteiger partial charge in [0.05, 0.1) is 18.3 Å². The van der Waals surface area contributed by atoms with E-state index in [9.17, 15) is 5.11 Å². The molecule has 0 bridgehead atoms. The van der Waals surface area contributed by atoms with Gasteiger partial charge < -0.3 is 14.6 Å². The third-order valence-corrected chi connectivity index (χ3v) is 3.23. The lowest BCUT2D eigenvalue weighted by atomic mass is 10.0. The van der Waals surface area contributed by atoms with Gasteiger partial charge in [0.25, 0.3) is 0 Å². The molecule has 62 valence electrons. The number of ether oxygens (including phenoxy) is 2. The lowest BCUT2D eigenvalue weighted by molar-refractivity contribution is -0.107. The minimum Gasteiger partial charge on any atom is -0.369 e. The van der Waals surface area contributed by atoms with Gasteiger partial charge >= 0.3 is 0 Å². The Morgan fingerprint density at radius 3 is 2.73 bits per heavy atom. The summed E-state index contributed by atoms with van der Waals surface area (Å²) in [5.74, 6) is 0.965. The molecule has 0 unspecified atom stereocenters. The van der Waals surface area contributed by atoms with Crippen LogP contribution in [0.3, 0.4) is 0 Å². The number of aliphatic hydroxyl groups excluding tert-OH is 1. The van der Waals surface area contributed by atoms with Gasteiger partial charge in [-0.25, -0.2) is 0 Å². The maximum atomic E-state index is 9.21. The van der Waals surface area contributed by atoms with Crippen LogP contribution in [0.5, 0.6) is 0 Å². The lowest BCUT2D eigenvalue weighted by Crippen LogP contribution is -2.22. The number of epoxide rings is 1. The normalized spacial score (nSPS) is 66.0. The molecular weight excluding hydrogens is 144 g/mol. The van der Waals surface area contributed by atoms with Crippen LogP contribution in [0.15, 0.2) is 0 Å². The van der Waals surface area contributed by atoms with Crippen LogP contribution in [0.2, 0.25) is 0 Å². The smallest absolute Gasteiger partial charge is 0.155 e. The molecule has 6 atom stereocenters. The van der Waals surface area contributed by atoms with E-state index in [2.05, 4.69) is 6.92 Å². The summed E-state index contributed by atoms with van der Waals surface area (Å²) in [5, 5.41) is 9.21. The monoisotopic (exact) mass is 156 g/mol. The Morgan fingerprint density at radius 2 is 2.00 bits per heavy atom. The van der Waals surface area contributed by atoms with Crippen LogP contribution in [0.4, 0.5) is 0 Å². The van der Waals surface area contributed by atoms with E-state index in [0.29, 0.717) is 24.0 Å². The summed E-state index contributed by atoms with van der Waals surface area (Å²) < 4.78 is 10.8. The number of fused-ring (bicyclic) bond motifs is 3. The largest absolute Gasteiger partial charge is 0.369 e. The van der Waals surface area contributed by atoms with Gasteiger partial charge in [-0.05, 0) is 0 Å². The van der Waals surface area contributed by atoms with E-state index >= 15 is 0 Å². The molecule has 1 aliphatic carbocycles. The Morgan fingerprint density at radius 1 is 1.18 bits per heavy atom. The van der Waals surface area contributed by atoms with Gasteiger partial charge in [0, 0.05) is 18.3 Å². The number of hydrogen-bond acceptors (Lipinski definition) is 3. The highest BCUT2D eigenvalue weighted by Gasteiger charge is 2.63. The molecule has 3 rings (SSSR count).